The molecule has 4 fully saturated rings. The number of Topliss-reactive ketones (excluding diaryl/α,β-unsaturated/α-hetero) is 1. The normalized spacial score (nSPS) is 51.0. The van der Waals surface area contributed by atoms with Crippen LogP contribution in [-0.2, 0) is 19.1 Å². The number of allylic oxidation sites excluding steroid dienone is 1. The van der Waals surface area contributed by atoms with Crippen molar-refractivity contribution in [2.75, 3.05) is 6.61 Å². The van der Waals surface area contributed by atoms with Crippen LogP contribution in [-0.4, -0.2) is 41.3 Å². The fraction of sp³-hybridized carbons (Fsp3) is 0.826. The number of rotatable bonds is 1. The summed E-state index contributed by atoms with van der Waals surface area (Å²) in [5, 5.41) is 11.9. The average molecular weight is 389 g/mol. The van der Waals surface area contributed by atoms with Crippen molar-refractivity contribution >= 4 is 11.8 Å². The largest absolute Gasteiger partial charge is 0.450 e. The van der Waals surface area contributed by atoms with E-state index in [2.05, 4.69) is 6.92 Å². The second kappa shape index (κ2) is 5.48. The minimum absolute atomic E-state index is 0.0851. The van der Waals surface area contributed by atoms with E-state index in [9.17, 15) is 14.7 Å². The van der Waals surface area contributed by atoms with E-state index in [1.165, 1.54) is 6.92 Å². The average Bonchev–Trinajstić information content (AvgIpc) is 3.17. The molecular weight excluding hydrogens is 356 g/mol. The Morgan fingerprint density at radius 1 is 1.29 bits per heavy atom. The van der Waals surface area contributed by atoms with E-state index < -0.39 is 28.5 Å². The van der Waals surface area contributed by atoms with Gasteiger partial charge in [-0.15, -0.1) is 0 Å². The van der Waals surface area contributed by atoms with Crippen molar-refractivity contribution in [1.29, 1.82) is 0 Å². The Morgan fingerprint density at radius 2 is 2.00 bits per heavy atom. The summed E-state index contributed by atoms with van der Waals surface area (Å²) in [6.07, 6.45) is 2.34. The zero-order valence-corrected chi connectivity index (χ0v) is 17.6. The molecule has 4 aliphatic carbocycles. The number of ketones is 1. The number of carbonyl (C=O) groups is 2. The standard InChI is InChI=1S/C23H32O5/c1-11-6-7-22(26)9-16-14-10-27-17(14)8-15-12(2)23(15,16)20(25)19(28-13(3)24)18(11)21(22,4)5/h12,14-17,19,26H,6-10H2,1-5H3/t12?,14-,15?,16?,17+,19+,22+,23?/m0/s1. The van der Waals surface area contributed by atoms with Gasteiger partial charge in [-0.05, 0) is 55.9 Å². The zero-order valence-electron chi connectivity index (χ0n) is 17.6. The molecule has 154 valence electrons. The summed E-state index contributed by atoms with van der Waals surface area (Å²) >= 11 is 0. The van der Waals surface area contributed by atoms with Gasteiger partial charge in [0.1, 0.15) is 0 Å². The Hall–Kier alpha value is -1.20. The first-order valence-electron chi connectivity index (χ1n) is 10.8. The number of hydrogen-bond donors (Lipinski definition) is 1. The minimum atomic E-state index is -0.900. The highest BCUT2D eigenvalue weighted by Gasteiger charge is 2.78. The molecule has 0 amide bonds. The summed E-state index contributed by atoms with van der Waals surface area (Å²) < 4.78 is 11.6. The van der Waals surface area contributed by atoms with Crippen LogP contribution in [0.15, 0.2) is 11.1 Å². The number of fused-ring (bicyclic) bond motifs is 4. The third kappa shape index (κ3) is 2.00. The van der Waals surface area contributed by atoms with E-state index in [-0.39, 0.29) is 29.6 Å². The van der Waals surface area contributed by atoms with Gasteiger partial charge in [0.15, 0.2) is 11.9 Å². The van der Waals surface area contributed by atoms with E-state index in [1.807, 2.05) is 20.8 Å². The molecular formula is C23H32O5. The maximum absolute atomic E-state index is 14.1. The van der Waals surface area contributed by atoms with Crippen molar-refractivity contribution in [3.63, 3.8) is 0 Å². The van der Waals surface area contributed by atoms with Crippen LogP contribution in [0, 0.1) is 34.5 Å². The van der Waals surface area contributed by atoms with Gasteiger partial charge >= 0.3 is 5.97 Å². The Kier molecular flexibility index (Phi) is 3.68. The predicted octanol–water partition coefficient (Wildman–Crippen LogP) is 3.05. The highest BCUT2D eigenvalue weighted by atomic mass is 16.5. The van der Waals surface area contributed by atoms with Crippen LogP contribution in [0.2, 0.25) is 0 Å². The Labute approximate surface area is 166 Å². The smallest absolute Gasteiger partial charge is 0.303 e. The van der Waals surface area contributed by atoms with E-state index in [0.29, 0.717) is 25.4 Å². The quantitative estimate of drug-likeness (QED) is 0.552. The topological polar surface area (TPSA) is 72.8 Å². The van der Waals surface area contributed by atoms with Gasteiger partial charge in [-0.2, -0.15) is 0 Å². The zero-order chi connectivity index (χ0) is 20.2. The van der Waals surface area contributed by atoms with Crippen molar-refractivity contribution in [3.8, 4) is 0 Å². The molecule has 2 bridgehead atoms. The molecule has 1 N–H and O–H groups in total. The van der Waals surface area contributed by atoms with Crippen LogP contribution in [0.4, 0.5) is 0 Å². The van der Waals surface area contributed by atoms with Crippen molar-refractivity contribution < 1.29 is 24.2 Å². The molecule has 1 spiro atoms. The molecule has 1 heterocycles. The molecule has 4 unspecified atom stereocenters. The molecule has 0 aromatic rings. The lowest BCUT2D eigenvalue weighted by Crippen LogP contribution is -2.62. The Balaban J connectivity index is 1.71. The van der Waals surface area contributed by atoms with Crippen LogP contribution in [0.3, 0.4) is 0 Å². The fourth-order valence-electron chi connectivity index (χ4n) is 7.70. The number of aliphatic hydroxyl groups is 1. The number of ether oxygens (including phenoxy) is 2. The van der Waals surface area contributed by atoms with Gasteiger partial charge in [0, 0.05) is 23.7 Å². The molecule has 0 radical (unpaired) electrons. The minimum Gasteiger partial charge on any atom is -0.450 e. The molecule has 3 saturated carbocycles. The number of esters is 1. The summed E-state index contributed by atoms with van der Waals surface area (Å²) in [6.45, 7) is 10.3. The first-order valence-corrected chi connectivity index (χ1v) is 10.8. The lowest BCUT2D eigenvalue weighted by molar-refractivity contribution is -0.204. The van der Waals surface area contributed by atoms with E-state index in [1.54, 1.807) is 0 Å². The van der Waals surface area contributed by atoms with Gasteiger partial charge in [-0.1, -0.05) is 26.3 Å². The highest BCUT2D eigenvalue weighted by Crippen LogP contribution is 2.75. The van der Waals surface area contributed by atoms with Gasteiger partial charge < -0.3 is 14.6 Å². The molecule has 1 aliphatic heterocycles. The molecule has 0 aromatic carbocycles. The van der Waals surface area contributed by atoms with E-state index in [4.69, 9.17) is 9.47 Å². The third-order valence-electron chi connectivity index (χ3n) is 9.44. The van der Waals surface area contributed by atoms with Gasteiger partial charge in [0.2, 0.25) is 0 Å². The summed E-state index contributed by atoms with van der Waals surface area (Å²) in [4.78, 5) is 26.1. The summed E-state index contributed by atoms with van der Waals surface area (Å²) in [7, 11) is 0. The van der Waals surface area contributed by atoms with Crippen LogP contribution in [0.1, 0.15) is 60.3 Å². The number of carbonyl (C=O) groups excluding carboxylic acids is 2. The molecule has 8 atom stereocenters. The Bertz CT molecular complexity index is 797. The summed E-state index contributed by atoms with van der Waals surface area (Å²) in [6, 6.07) is 0. The maximum atomic E-state index is 14.1. The lowest BCUT2D eigenvalue weighted by Gasteiger charge is -2.58. The molecule has 5 heteroatoms. The van der Waals surface area contributed by atoms with Crippen molar-refractivity contribution in [2.45, 2.75) is 78.1 Å². The summed E-state index contributed by atoms with van der Waals surface area (Å²) in [5.74, 6) is 0.621. The Morgan fingerprint density at radius 3 is 2.61 bits per heavy atom. The van der Waals surface area contributed by atoms with Gasteiger partial charge in [-0.25, -0.2) is 0 Å². The highest BCUT2D eigenvalue weighted by molar-refractivity contribution is 5.97. The SMILES string of the molecule is CC(=O)O[C@H]1C(=O)C23C(C)C2C[C@H]2OC[C@H]2C3C[C@]2(O)CCC(C)=C1C2(C)C. The van der Waals surface area contributed by atoms with Crippen LogP contribution < -0.4 is 0 Å². The molecule has 5 nitrogen and oxygen atoms in total. The van der Waals surface area contributed by atoms with Gasteiger partial charge in [-0.3, -0.25) is 9.59 Å². The van der Waals surface area contributed by atoms with Gasteiger partial charge in [0.05, 0.1) is 18.3 Å². The monoisotopic (exact) mass is 388 g/mol. The third-order valence-corrected chi connectivity index (χ3v) is 9.44. The first kappa shape index (κ1) is 18.8. The predicted molar refractivity (Wildman–Crippen MR) is 102 cm³/mol. The lowest BCUT2D eigenvalue weighted by atomic mass is 9.51. The molecule has 5 aliphatic rings. The van der Waals surface area contributed by atoms with Crippen molar-refractivity contribution in [3.05, 3.63) is 11.1 Å². The second-order valence-corrected chi connectivity index (χ2v) is 10.6. The van der Waals surface area contributed by atoms with Crippen LogP contribution in [0.25, 0.3) is 0 Å². The number of hydrogen-bond acceptors (Lipinski definition) is 5. The van der Waals surface area contributed by atoms with Crippen molar-refractivity contribution in [1.82, 2.24) is 0 Å². The second-order valence-electron chi connectivity index (χ2n) is 10.6. The molecule has 1 saturated heterocycles. The van der Waals surface area contributed by atoms with Crippen LogP contribution in [0.5, 0.6) is 0 Å². The van der Waals surface area contributed by atoms with E-state index in [0.717, 1.165) is 24.0 Å². The maximum Gasteiger partial charge on any atom is 0.303 e. The fourth-order valence-corrected chi connectivity index (χ4v) is 7.70. The molecule has 0 aromatic heterocycles. The molecule has 5 rings (SSSR count). The van der Waals surface area contributed by atoms with E-state index >= 15 is 0 Å². The summed E-state index contributed by atoms with van der Waals surface area (Å²) in [5.41, 5.74) is -0.0482. The van der Waals surface area contributed by atoms with Crippen molar-refractivity contribution in [2.24, 2.45) is 34.5 Å². The van der Waals surface area contributed by atoms with Crippen LogP contribution >= 0.6 is 0 Å². The van der Waals surface area contributed by atoms with Gasteiger partial charge in [0.25, 0.3) is 0 Å². The molecule has 28 heavy (non-hydrogen) atoms. The first-order chi connectivity index (χ1) is 13.1.